The zero-order valence-corrected chi connectivity index (χ0v) is 13.3. The number of hydrogen-bond acceptors (Lipinski definition) is 4. The Labute approximate surface area is 129 Å². The first kappa shape index (κ1) is 15.4. The Morgan fingerprint density at radius 3 is 2.67 bits per heavy atom. The summed E-state index contributed by atoms with van der Waals surface area (Å²) in [6.07, 6.45) is 0. The van der Waals surface area contributed by atoms with Crippen LogP contribution in [0.15, 0.2) is 35.4 Å². The zero-order chi connectivity index (χ0) is 15.4. The summed E-state index contributed by atoms with van der Waals surface area (Å²) in [6.45, 7) is 5.90. The lowest BCUT2D eigenvalue weighted by molar-refractivity contribution is -0.113. The predicted octanol–water partition coefficient (Wildman–Crippen LogP) is 3.32. The molecule has 3 N–H and O–H groups in total. The van der Waals surface area contributed by atoms with Gasteiger partial charge >= 0.3 is 0 Å². The highest BCUT2D eigenvalue weighted by Crippen LogP contribution is 2.20. The van der Waals surface area contributed by atoms with Gasteiger partial charge in [0.2, 0.25) is 5.91 Å². The lowest BCUT2D eigenvalue weighted by atomic mass is 10.2. The number of aromatic nitrogens is 1. The third-order valence-electron chi connectivity index (χ3n) is 2.95. The fourth-order valence-corrected chi connectivity index (χ4v) is 2.86. The van der Waals surface area contributed by atoms with Gasteiger partial charge in [0, 0.05) is 17.1 Å². The molecule has 0 atom stereocenters. The molecule has 110 valence electrons. The first-order valence-corrected chi connectivity index (χ1v) is 7.66. The lowest BCUT2D eigenvalue weighted by Crippen LogP contribution is -2.15. The fraction of sp³-hybridized carbons (Fsp3) is 0.250. The van der Waals surface area contributed by atoms with Gasteiger partial charge in [-0.05, 0) is 62.2 Å². The Kier molecular flexibility index (Phi) is 4.85. The molecule has 1 aromatic carbocycles. The van der Waals surface area contributed by atoms with Crippen LogP contribution in [-0.2, 0) is 4.79 Å². The fourth-order valence-electron chi connectivity index (χ4n) is 2.03. The Morgan fingerprint density at radius 2 is 2.00 bits per heavy atom. The molecule has 5 heteroatoms. The van der Waals surface area contributed by atoms with E-state index in [0.29, 0.717) is 11.4 Å². The molecule has 0 unspecified atom stereocenters. The minimum atomic E-state index is -0.0474. The molecule has 0 radical (unpaired) electrons. The van der Waals surface area contributed by atoms with Gasteiger partial charge in [-0.3, -0.25) is 4.79 Å². The maximum Gasteiger partial charge on any atom is 0.234 e. The topological polar surface area (TPSA) is 68.0 Å². The van der Waals surface area contributed by atoms with Crippen molar-refractivity contribution >= 4 is 29.0 Å². The maximum atomic E-state index is 12.0. The number of anilines is 2. The number of amides is 1. The van der Waals surface area contributed by atoms with Crippen molar-refractivity contribution in [3.05, 3.63) is 47.2 Å². The van der Waals surface area contributed by atoms with Crippen LogP contribution in [-0.4, -0.2) is 16.6 Å². The van der Waals surface area contributed by atoms with Crippen molar-refractivity contribution in [1.29, 1.82) is 0 Å². The number of benzene rings is 1. The first-order valence-electron chi connectivity index (χ1n) is 6.68. The molecule has 0 saturated heterocycles. The average molecular weight is 301 g/mol. The van der Waals surface area contributed by atoms with E-state index in [4.69, 9.17) is 5.73 Å². The SMILES string of the molecule is Cc1cc(C)nc(SCC(=O)Nc2ccc(N)cc2C)c1. The number of nitrogens with two attached hydrogens (primary N) is 1. The van der Waals surface area contributed by atoms with E-state index in [2.05, 4.69) is 10.3 Å². The van der Waals surface area contributed by atoms with E-state index in [-0.39, 0.29) is 5.91 Å². The molecule has 0 bridgehead atoms. The van der Waals surface area contributed by atoms with E-state index in [1.165, 1.54) is 11.8 Å². The van der Waals surface area contributed by atoms with Crippen molar-refractivity contribution in [2.75, 3.05) is 16.8 Å². The van der Waals surface area contributed by atoms with Crippen molar-refractivity contribution in [2.24, 2.45) is 0 Å². The number of nitrogens with zero attached hydrogens (tertiary/aromatic N) is 1. The molecule has 0 saturated carbocycles. The molecular formula is C16H19N3OS. The van der Waals surface area contributed by atoms with Crippen LogP contribution in [0.1, 0.15) is 16.8 Å². The Hall–Kier alpha value is -2.01. The summed E-state index contributed by atoms with van der Waals surface area (Å²) < 4.78 is 0. The average Bonchev–Trinajstić information content (AvgIpc) is 2.39. The van der Waals surface area contributed by atoms with Gasteiger partial charge < -0.3 is 11.1 Å². The second-order valence-corrected chi connectivity index (χ2v) is 6.03. The number of carbonyl (C=O) groups is 1. The number of thioether (sulfide) groups is 1. The summed E-state index contributed by atoms with van der Waals surface area (Å²) in [5.74, 6) is 0.286. The lowest BCUT2D eigenvalue weighted by Gasteiger charge is -2.09. The van der Waals surface area contributed by atoms with E-state index >= 15 is 0 Å². The van der Waals surface area contributed by atoms with Crippen LogP contribution in [0, 0.1) is 20.8 Å². The highest BCUT2D eigenvalue weighted by Gasteiger charge is 2.07. The summed E-state index contributed by atoms with van der Waals surface area (Å²) in [5.41, 5.74) is 10.3. The molecule has 2 rings (SSSR count). The second kappa shape index (κ2) is 6.63. The minimum absolute atomic E-state index is 0.0474. The predicted molar refractivity (Wildman–Crippen MR) is 88.7 cm³/mol. The van der Waals surface area contributed by atoms with Gasteiger partial charge in [-0.1, -0.05) is 11.8 Å². The zero-order valence-electron chi connectivity index (χ0n) is 12.4. The van der Waals surface area contributed by atoms with E-state index in [9.17, 15) is 4.79 Å². The van der Waals surface area contributed by atoms with Gasteiger partial charge in [-0.2, -0.15) is 0 Å². The van der Waals surface area contributed by atoms with Gasteiger partial charge in [-0.25, -0.2) is 4.98 Å². The highest BCUT2D eigenvalue weighted by atomic mass is 32.2. The summed E-state index contributed by atoms with van der Waals surface area (Å²) in [7, 11) is 0. The Balaban J connectivity index is 1.95. The molecule has 0 fully saturated rings. The van der Waals surface area contributed by atoms with Crippen molar-refractivity contribution in [3.8, 4) is 0 Å². The number of aryl methyl sites for hydroxylation is 3. The molecule has 21 heavy (non-hydrogen) atoms. The quantitative estimate of drug-likeness (QED) is 0.671. The van der Waals surface area contributed by atoms with E-state index in [1.54, 1.807) is 6.07 Å². The Morgan fingerprint density at radius 1 is 1.24 bits per heavy atom. The highest BCUT2D eigenvalue weighted by molar-refractivity contribution is 7.99. The van der Waals surface area contributed by atoms with Crippen LogP contribution in [0.4, 0.5) is 11.4 Å². The van der Waals surface area contributed by atoms with Crippen LogP contribution >= 0.6 is 11.8 Å². The first-order chi connectivity index (χ1) is 9.94. The van der Waals surface area contributed by atoms with Crippen LogP contribution in [0.3, 0.4) is 0 Å². The number of hydrogen-bond donors (Lipinski definition) is 2. The van der Waals surface area contributed by atoms with Crippen LogP contribution < -0.4 is 11.1 Å². The third kappa shape index (κ3) is 4.49. The standard InChI is InChI=1S/C16H19N3OS/c1-10-6-12(3)18-16(7-10)21-9-15(20)19-14-5-4-13(17)8-11(14)2/h4-8H,9,17H2,1-3H3,(H,19,20). The second-order valence-electron chi connectivity index (χ2n) is 5.04. The van der Waals surface area contributed by atoms with Gasteiger partial charge in [0.15, 0.2) is 0 Å². The number of rotatable bonds is 4. The molecule has 0 aliphatic heterocycles. The largest absolute Gasteiger partial charge is 0.399 e. The molecule has 2 aromatic rings. The normalized spacial score (nSPS) is 10.4. The smallest absolute Gasteiger partial charge is 0.234 e. The molecule has 0 aliphatic rings. The molecule has 4 nitrogen and oxygen atoms in total. The summed E-state index contributed by atoms with van der Waals surface area (Å²) in [5, 5.41) is 3.77. The van der Waals surface area contributed by atoms with Crippen LogP contribution in [0.2, 0.25) is 0 Å². The monoisotopic (exact) mass is 301 g/mol. The summed E-state index contributed by atoms with van der Waals surface area (Å²) in [6, 6.07) is 9.44. The van der Waals surface area contributed by atoms with Crippen molar-refractivity contribution in [2.45, 2.75) is 25.8 Å². The van der Waals surface area contributed by atoms with Crippen molar-refractivity contribution in [1.82, 2.24) is 4.98 Å². The van der Waals surface area contributed by atoms with Gasteiger partial charge in [-0.15, -0.1) is 0 Å². The van der Waals surface area contributed by atoms with Crippen molar-refractivity contribution < 1.29 is 4.79 Å². The van der Waals surface area contributed by atoms with Crippen molar-refractivity contribution in [3.63, 3.8) is 0 Å². The molecule has 1 aromatic heterocycles. The summed E-state index contributed by atoms with van der Waals surface area (Å²) in [4.78, 5) is 16.4. The van der Waals surface area contributed by atoms with E-state index in [1.807, 2.05) is 45.0 Å². The minimum Gasteiger partial charge on any atom is -0.399 e. The number of carbonyl (C=O) groups excluding carboxylic acids is 1. The molecular weight excluding hydrogens is 282 g/mol. The van der Waals surface area contributed by atoms with Gasteiger partial charge in [0.05, 0.1) is 10.8 Å². The Bertz CT molecular complexity index is 650. The maximum absolute atomic E-state index is 12.0. The molecule has 1 amide bonds. The van der Waals surface area contributed by atoms with Crippen LogP contribution in [0.25, 0.3) is 0 Å². The van der Waals surface area contributed by atoms with Gasteiger partial charge in [0.25, 0.3) is 0 Å². The number of nitrogens with one attached hydrogen (secondary N) is 1. The van der Waals surface area contributed by atoms with E-state index in [0.717, 1.165) is 27.5 Å². The number of pyridine rings is 1. The third-order valence-corrected chi connectivity index (χ3v) is 3.86. The molecule has 0 spiro atoms. The number of nitrogen functional groups attached to an aromatic ring is 1. The van der Waals surface area contributed by atoms with E-state index < -0.39 is 0 Å². The molecule has 1 heterocycles. The van der Waals surface area contributed by atoms with Crippen LogP contribution in [0.5, 0.6) is 0 Å². The summed E-state index contributed by atoms with van der Waals surface area (Å²) >= 11 is 1.44. The molecule has 0 aliphatic carbocycles. The van der Waals surface area contributed by atoms with Gasteiger partial charge in [0.1, 0.15) is 0 Å².